The number of fused-ring (bicyclic) bond motifs is 1. The third-order valence-electron chi connectivity index (χ3n) is 8.29. The number of amides is 1. The normalized spacial score (nSPS) is 13.4. The Kier molecular flexibility index (Phi) is 13.5. The minimum Gasteiger partial charge on any atom is -0.493 e. The van der Waals surface area contributed by atoms with Crippen LogP contribution < -0.4 is 31.4 Å². The smallest absolute Gasteiger partial charge is 0.254 e. The highest BCUT2D eigenvalue weighted by Gasteiger charge is 2.48. The van der Waals surface area contributed by atoms with Gasteiger partial charge in [-0.1, -0.05) is 31.2 Å². The van der Waals surface area contributed by atoms with Gasteiger partial charge in [-0.15, -0.1) is 0 Å². The predicted molar refractivity (Wildman–Crippen MR) is 190 cm³/mol. The molecule has 0 bridgehead atoms. The molecule has 262 valence electrons. The number of hydrogen-bond acceptors (Lipinski definition) is 12. The van der Waals surface area contributed by atoms with Crippen LogP contribution in [0.2, 0.25) is 0 Å². The van der Waals surface area contributed by atoms with E-state index in [-0.39, 0.29) is 41.4 Å². The Labute approximate surface area is 287 Å². The van der Waals surface area contributed by atoms with Gasteiger partial charge in [0.2, 0.25) is 5.78 Å². The molecule has 1 aromatic heterocycles. The molecule has 0 aliphatic rings. The summed E-state index contributed by atoms with van der Waals surface area (Å²) < 4.78 is 22.8. The van der Waals surface area contributed by atoms with E-state index in [0.29, 0.717) is 60.7 Å². The number of Topliss-reactive ketones (excluding diaryl/α,β-unsaturated/α-hetero) is 2. The molecular weight excluding hydrogens is 634 g/mol. The first kappa shape index (κ1) is 38.4. The number of hydrogen-bond donors (Lipinski definition) is 3. The highest BCUT2D eigenvalue weighted by molar-refractivity contribution is 7.78. The van der Waals surface area contributed by atoms with E-state index in [2.05, 4.69) is 5.16 Å². The van der Waals surface area contributed by atoms with E-state index < -0.39 is 29.1 Å². The van der Waals surface area contributed by atoms with Crippen LogP contribution in [0.15, 0.2) is 34.9 Å². The second-order valence-electron chi connectivity index (χ2n) is 12.6. The molecule has 0 spiro atoms. The van der Waals surface area contributed by atoms with Crippen LogP contribution in [0.4, 0.5) is 5.69 Å². The lowest BCUT2D eigenvalue weighted by Gasteiger charge is -2.32. The first-order valence-electron chi connectivity index (χ1n) is 16.2. The number of nitrogen functional groups attached to an aromatic ring is 1. The second-order valence-corrected chi connectivity index (χ2v) is 13.0. The summed E-state index contributed by atoms with van der Waals surface area (Å²) in [5.41, 5.74) is 17.7. The van der Waals surface area contributed by atoms with Gasteiger partial charge >= 0.3 is 0 Å². The topological polar surface area (TPSA) is 186 Å². The van der Waals surface area contributed by atoms with Crippen LogP contribution in [0.3, 0.4) is 0 Å². The monoisotopic (exact) mass is 683 g/mol. The summed E-state index contributed by atoms with van der Waals surface area (Å²) in [6.45, 7) is 12.0. The van der Waals surface area contributed by atoms with E-state index in [4.69, 9.17) is 48.2 Å². The molecule has 0 saturated heterocycles. The van der Waals surface area contributed by atoms with Crippen molar-refractivity contribution in [1.29, 1.82) is 0 Å². The van der Waals surface area contributed by atoms with E-state index in [1.807, 2.05) is 32.6 Å². The number of anilines is 1. The summed E-state index contributed by atoms with van der Waals surface area (Å²) in [6.07, 6.45) is 2.02. The maximum atomic E-state index is 13.7. The number of aromatic nitrogens is 1. The number of benzene rings is 2. The lowest BCUT2D eigenvalue weighted by molar-refractivity contribution is -0.125. The van der Waals surface area contributed by atoms with Crippen molar-refractivity contribution in [3.8, 4) is 17.2 Å². The average molecular weight is 684 g/mol. The standard InChI is InChI=1S/C35H49N5O7S/c1-20(2)35(38,32(41)25(36)11-10-18-48)33(42)30-24-13-15-27(29(37)31(24)47-39-30)46-17-9-8-16-45-26-14-12-23(19-28(26)44-7)34(43)40(21(3)4)22(5)6/h12-15,18-22,25H,8-11,16-17,36-38H2,1-7H3. The van der Waals surface area contributed by atoms with Gasteiger partial charge in [0.1, 0.15) is 17.0 Å². The number of nitrogens with zero attached hydrogens (tertiary/aromatic N) is 2. The van der Waals surface area contributed by atoms with Crippen molar-refractivity contribution in [2.75, 3.05) is 26.1 Å². The minimum absolute atomic E-state index is 0.0609. The van der Waals surface area contributed by atoms with Crippen LogP contribution in [-0.4, -0.2) is 76.9 Å². The van der Waals surface area contributed by atoms with Crippen LogP contribution in [0, 0.1) is 5.92 Å². The molecule has 6 N–H and O–H groups in total. The number of thiocarbonyl (C=S) groups is 1. The Morgan fingerprint density at radius 1 is 0.979 bits per heavy atom. The number of ether oxygens (including phenoxy) is 3. The Balaban J connectivity index is 1.62. The third-order valence-corrected chi connectivity index (χ3v) is 8.53. The molecule has 1 amide bonds. The van der Waals surface area contributed by atoms with Crippen LogP contribution >= 0.6 is 12.2 Å². The quantitative estimate of drug-likeness (QED) is 0.0498. The SMILES string of the molecule is COc1cc(C(=O)N(C(C)C)C(C)C)ccc1OCCCCOc1ccc2c(C(=O)C(N)(C(=O)C(N)CCC=S)C(C)C)noc2c1N. The third kappa shape index (κ3) is 8.31. The molecule has 0 fully saturated rings. The summed E-state index contributed by atoms with van der Waals surface area (Å²) in [5, 5.41) is 5.75. The molecule has 3 aromatic rings. The molecule has 48 heavy (non-hydrogen) atoms. The van der Waals surface area contributed by atoms with E-state index in [0.717, 1.165) is 0 Å². The van der Waals surface area contributed by atoms with Crippen LogP contribution in [0.5, 0.6) is 17.2 Å². The number of rotatable bonds is 19. The van der Waals surface area contributed by atoms with Crippen molar-refractivity contribution in [2.24, 2.45) is 17.4 Å². The summed E-state index contributed by atoms with van der Waals surface area (Å²) >= 11 is 4.84. The van der Waals surface area contributed by atoms with Crippen molar-refractivity contribution in [2.45, 2.75) is 90.9 Å². The van der Waals surface area contributed by atoms with E-state index >= 15 is 0 Å². The minimum atomic E-state index is -1.91. The lowest BCUT2D eigenvalue weighted by Crippen LogP contribution is -2.63. The van der Waals surface area contributed by atoms with Gasteiger partial charge in [0.15, 0.2) is 28.6 Å². The zero-order valence-electron chi connectivity index (χ0n) is 28.9. The summed E-state index contributed by atoms with van der Waals surface area (Å²) in [4.78, 5) is 41.8. The fraction of sp³-hybridized carbons (Fsp3) is 0.514. The Bertz CT molecular complexity index is 1600. The molecule has 0 saturated carbocycles. The molecule has 1 heterocycles. The average Bonchev–Trinajstić information content (AvgIpc) is 3.49. The van der Waals surface area contributed by atoms with Crippen molar-refractivity contribution in [3.05, 3.63) is 41.6 Å². The highest BCUT2D eigenvalue weighted by atomic mass is 32.1. The Morgan fingerprint density at radius 3 is 2.15 bits per heavy atom. The summed E-state index contributed by atoms with van der Waals surface area (Å²) in [7, 11) is 1.54. The zero-order valence-corrected chi connectivity index (χ0v) is 29.7. The van der Waals surface area contributed by atoms with Gasteiger partial charge in [0.25, 0.3) is 5.91 Å². The molecule has 2 aromatic carbocycles. The predicted octanol–water partition coefficient (Wildman–Crippen LogP) is 5.13. The molecule has 0 aliphatic carbocycles. The molecule has 13 heteroatoms. The molecule has 0 radical (unpaired) electrons. The molecule has 2 unspecified atom stereocenters. The molecular formula is C35H49N5O7S. The number of methoxy groups -OCH3 is 1. The maximum Gasteiger partial charge on any atom is 0.254 e. The maximum absolute atomic E-state index is 13.7. The van der Waals surface area contributed by atoms with Crippen molar-refractivity contribution < 1.29 is 33.1 Å². The van der Waals surface area contributed by atoms with Crippen LogP contribution in [0.1, 0.15) is 88.1 Å². The molecule has 0 aliphatic heterocycles. The van der Waals surface area contributed by atoms with Crippen molar-refractivity contribution in [1.82, 2.24) is 10.1 Å². The van der Waals surface area contributed by atoms with Gasteiger partial charge in [-0.2, -0.15) is 0 Å². The van der Waals surface area contributed by atoms with E-state index in [9.17, 15) is 14.4 Å². The fourth-order valence-corrected chi connectivity index (χ4v) is 5.68. The van der Waals surface area contributed by atoms with Gasteiger partial charge in [0.05, 0.1) is 31.8 Å². The van der Waals surface area contributed by atoms with Crippen molar-refractivity contribution >= 4 is 51.7 Å². The lowest BCUT2D eigenvalue weighted by atomic mass is 9.75. The number of carbonyl (C=O) groups excluding carboxylic acids is 3. The van der Waals surface area contributed by atoms with Gasteiger partial charge in [-0.05, 0) is 95.0 Å². The Hall–Kier alpha value is -4.07. The van der Waals surface area contributed by atoms with Crippen LogP contribution in [-0.2, 0) is 4.79 Å². The first-order chi connectivity index (χ1) is 22.7. The fourth-order valence-electron chi connectivity index (χ4n) is 5.54. The number of unbranched alkanes of at least 4 members (excludes halogenated alkanes) is 1. The number of carbonyl (C=O) groups is 3. The van der Waals surface area contributed by atoms with Crippen molar-refractivity contribution in [3.63, 3.8) is 0 Å². The molecule has 3 rings (SSSR count). The van der Waals surface area contributed by atoms with Gasteiger partial charge < -0.3 is 40.8 Å². The van der Waals surface area contributed by atoms with E-state index in [1.165, 1.54) is 12.5 Å². The largest absolute Gasteiger partial charge is 0.493 e. The molecule has 12 nitrogen and oxygen atoms in total. The summed E-state index contributed by atoms with van der Waals surface area (Å²) in [6, 6.07) is 7.58. The van der Waals surface area contributed by atoms with Crippen LogP contribution in [0.25, 0.3) is 11.0 Å². The molecule has 2 atom stereocenters. The van der Waals surface area contributed by atoms with Gasteiger partial charge in [0, 0.05) is 17.6 Å². The van der Waals surface area contributed by atoms with E-state index in [1.54, 1.807) is 44.2 Å². The first-order valence-corrected chi connectivity index (χ1v) is 16.7. The summed E-state index contributed by atoms with van der Waals surface area (Å²) in [5.74, 6) is -0.535. The van der Waals surface area contributed by atoms with Gasteiger partial charge in [-0.25, -0.2) is 0 Å². The number of nitrogens with two attached hydrogens (primary N) is 3. The second kappa shape index (κ2) is 16.8. The highest BCUT2D eigenvalue weighted by Crippen LogP contribution is 2.35. The Morgan fingerprint density at radius 2 is 1.58 bits per heavy atom. The number of ketones is 2. The zero-order chi connectivity index (χ0) is 35.8. The van der Waals surface area contributed by atoms with Gasteiger partial charge in [-0.3, -0.25) is 14.4 Å².